The lowest BCUT2D eigenvalue weighted by atomic mass is 9.59. The van der Waals surface area contributed by atoms with Gasteiger partial charge in [0, 0.05) is 11.3 Å². The van der Waals surface area contributed by atoms with Gasteiger partial charge in [-0.3, -0.25) is 0 Å². The highest BCUT2D eigenvalue weighted by Crippen LogP contribution is 2.57. The third kappa shape index (κ3) is 1.48. The van der Waals surface area contributed by atoms with Crippen LogP contribution in [0.3, 0.4) is 0 Å². The van der Waals surface area contributed by atoms with Crippen molar-refractivity contribution in [3.8, 4) is 0 Å². The second-order valence-electron chi connectivity index (χ2n) is 6.13. The van der Waals surface area contributed by atoms with Gasteiger partial charge in [-0.1, -0.05) is 39.3 Å². The zero-order chi connectivity index (χ0) is 12.0. The van der Waals surface area contributed by atoms with Crippen molar-refractivity contribution in [1.82, 2.24) is 0 Å². The van der Waals surface area contributed by atoms with Crippen molar-refractivity contribution in [1.29, 1.82) is 0 Å². The van der Waals surface area contributed by atoms with Crippen LogP contribution in [0, 0.1) is 17.3 Å². The van der Waals surface area contributed by atoms with Crippen molar-refractivity contribution in [2.75, 3.05) is 6.61 Å². The zero-order valence-corrected chi connectivity index (χ0v) is 11.5. The SMILES string of the molecule is CCC1(CC)OCC2(C)CC=C(C)C(C)C21. The highest BCUT2D eigenvalue weighted by molar-refractivity contribution is 5.19. The average Bonchev–Trinajstić information content (AvgIpc) is 2.59. The van der Waals surface area contributed by atoms with E-state index in [1.54, 1.807) is 5.57 Å². The van der Waals surface area contributed by atoms with E-state index in [1.165, 1.54) is 6.42 Å². The van der Waals surface area contributed by atoms with Crippen LogP contribution < -0.4 is 0 Å². The summed E-state index contributed by atoms with van der Waals surface area (Å²) in [5, 5.41) is 0. The standard InChI is InChI=1S/C15H26O/c1-6-15(7-2)13-12(4)11(3)8-9-14(13,5)10-16-15/h8,12-13H,6-7,9-10H2,1-5H3. The molecule has 1 heterocycles. The topological polar surface area (TPSA) is 9.23 Å². The number of allylic oxidation sites excluding steroid dienone is 2. The van der Waals surface area contributed by atoms with Gasteiger partial charge in [-0.15, -0.1) is 0 Å². The summed E-state index contributed by atoms with van der Waals surface area (Å²) < 4.78 is 6.27. The molecule has 0 radical (unpaired) electrons. The first-order valence-corrected chi connectivity index (χ1v) is 6.79. The first-order valence-electron chi connectivity index (χ1n) is 6.79. The van der Waals surface area contributed by atoms with Crippen molar-refractivity contribution in [2.45, 2.75) is 59.5 Å². The third-order valence-electron chi connectivity index (χ3n) is 5.31. The second kappa shape index (κ2) is 3.87. The van der Waals surface area contributed by atoms with Crippen molar-refractivity contribution < 1.29 is 4.74 Å². The largest absolute Gasteiger partial charge is 0.374 e. The molecule has 0 aromatic carbocycles. The molecule has 0 spiro atoms. The Balaban J connectivity index is 2.40. The summed E-state index contributed by atoms with van der Waals surface area (Å²) >= 11 is 0. The van der Waals surface area contributed by atoms with Crippen LogP contribution in [0.2, 0.25) is 0 Å². The predicted octanol–water partition coefficient (Wildman–Crippen LogP) is 4.18. The monoisotopic (exact) mass is 222 g/mol. The Labute approximate surface area is 100 Å². The van der Waals surface area contributed by atoms with Crippen LogP contribution >= 0.6 is 0 Å². The summed E-state index contributed by atoms with van der Waals surface area (Å²) in [5.74, 6) is 1.39. The summed E-state index contributed by atoms with van der Waals surface area (Å²) in [6.45, 7) is 12.6. The van der Waals surface area contributed by atoms with Crippen LogP contribution in [-0.4, -0.2) is 12.2 Å². The summed E-state index contributed by atoms with van der Waals surface area (Å²) in [6.07, 6.45) is 5.95. The van der Waals surface area contributed by atoms with E-state index < -0.39 is 0 Å². The van der Waals surface area contributed by atoms with Crippen molar-refractivity contribution in [2.24, 2.45) is 17.3 Å². The van der Waals surface area contributed by atoms with Gasteiger partial charge in [0.25, 0.3) is 0 Å². The average molecular weight is 222 g/mol. The minimum Gasteiger partial charge on any atom is -0.374 e. The number of ether oxygens (including phenoxy) is 1. The van der Waals surface area contributed by atoms with Crippen LogP contribution in [0.15, 0.2) is 11.6 Å². The summed E-state index contributed by atoms with van der Waals surface area (Å²) in [6, 6.07) is 0. The Morgan fingerprint density at radius 3 is 2.56 bits per heavy atom. The number of fused-ring (bicyclic) bond motifs is 1. The van der Waals surface area contributed by atoms with Crippen LogP contribution in [0.25, 0.3) is 0 Å². The Hall–Kier alpha value is -0.300. The number of hydrogen-bond donors (Lipinski definition) is 0. The van der Waals surface area contributed by atoms with Gasteiger partial charge < -0.3 is 4.74 Å². The fraction of sp³-hybridized carbons (Fsp3) is 0.867. The molecule has 1 saturated heterocycles. The van der Waals surface area contributed by atoms with Gasteiger partial charge in [0.05, 0.1) is 12.2 Å². The van der Waals surface area contributed by atoms with Crippen LogP contribution in [0.4, 0.5) is 0 Å². The molecule has 1 heteroatoms. The molecule has 16 heavy (non-hydrogen) atoms. The smallest absolute Gasteiger partial charge is 0.0717 e. The summed E-state index contributed by atoms with van der Waals surface area (Å²) in [4.78, 5) is 0. The zero-order valence-electron chi connectivity index (χ0n) is 11.5. The van der Waals surface area contributed by atoms with Gasteiger partial charge in [-0.25, -0.2) is 0 Å². The van der Waals surface area contributed by atoms with Gasteiger partial charge in [0.15, 0.2) is 0 Å². The van der Waals surface area contributed by atoms with Crippen LogP contribution in [0.1, 0.15) is 53.9 Å². The van der Waals surface area contributed by atoms with E-state index in [-0.39, 0.29) is 5.60 Å². The molecule has 2 aliphatic rings. The molecule has 3 unspecified atom stereocenters. The maximum absolute atomic E-state index is 6.27. The van der Waals surface area contributed by atoms with Crippen molar-refractivity contribution in [3.63, 3.8) is 0 Å². The van der Waals surface area contributed by atoms with Crippen molar-refractivity contribution >= 4 is 0 Å². The van der Waals surface area contributed by atoms with E-state index in [9.17, 15) is 0 Å². The third-order valence-corrected chi connectivity index (χ3v) is 5.31. The highest BCUT2D eigenvalue weighted by Gasteiger charge is 2.56. The first kappa shape index (κ1) is 12.2. The van der Waals surface area contributed by atoms with Crippen molar-refractivity contribution in [3.05, 3.63) is 11.6 Å². The molecule has 0 saturated carbocycles. The van der Waals surface area contributed by atoms with E-state index in [4.69, 9.17) is 4.74 Å². The van der Waals surface area contributed by atoms with E-state index in [0.29, 0.717) is 17.3 Å². The number of rotatable bonds is 2. The highest BCUT2D eigenvalue weighted by atomic mass is 16.5. The lowest BCUT2D eigenvalue weighted by molar-refractivity contribution is -0.0382. The number of hydrogen-bond acceptors (Lipinski definition) is 1. The lowest BCUT2D eigenvalue weighted by Crippen LogP contribution is -2.45. The molecule has 2 rings (SSSR count). The Kier molecular flexibility index (Phi) is 2.94. The minimum absolute atomic E-state index is 0.143. The van der Waals surface area contributed by atoms with Crippen LogP contribution in [0.5, 0.6) is 0 Å². The molecule has 1 aliphatic heterocycles. The minimum atomic E-state index is 0.143. The molecule has 1 fully saturated rings. The summed E-state index contributed by atoms with van der Waals surface area (Å²) in [7, 11) is 0. The van der Waals surface area contributed by atoms with Gasteiger partial charge in [0.2, 0.25) is 0 Å². The van der Waals surface area contributed by atoms with Gasteiger partial charge >= 0.3 is 0 Å². The molecule has 0 amide bonds. The quantitative estimate of drug-likeness (QED) is 0.637. The summed E-state index contributed by atoms with van der Waals surface area (Å²) in [5.41, 5.74) is 2.09. The Bertz CT molecular complexity index is 301. The molecular formula is C15H26O. The molecule has 0 aromatic heterocycles. The van der Waals surface area contributed by atoms with E-state index >= 15 is 0 Å². The van der Waals surface area contributed by atoms with E-state index in [2.05, 4.69) is 40.7 Å². The normalized spacial score (nSPS) is 41.7. The Morgan fingerprint density at radius 2 is 2.00 bits per heavy atom. The molecule has 0 bridgehead atoms. The van der Waals surface area contributed by atoms with E-state index in [1.807, 2.05) is 0 Å². The predicted molar refractivity (Wildman–Crippen MR) is 68.4 cm³/mol. The fourth-order valence-corrected chi connectivity index (χ4v) is 4.11. The molecule has 1 nitrogen and oxygen atoms in total. The maximum atomic E-state index is 6.27. The first-order chi connectivity index (χ1) is 7.49. The van der Waals surface area contributed by atoms with E-state index in [0.717, 1.165) is 19.4 Å². The maximum Gasteiger partial charge on any atom is 0.0717 e. The molecule has 92 valence electrons. The van der Waals surface area contributed by atoms with Gasteiger partial charge in [-0.2, -0.15) is 0 Å². The Morgan fingerprint density at radius 1 is 1.38 bits per heavy atom. The molecule has 1 aliphatic carbocycles. The molecule has 0 aromatic rings. The van der Waals surface area contributed by atoms with Gasteiger partial charge in [-0.05, 0) is 32.1 Å². The molecule has 3 atom stereocenters. The van der Waals surface area contributed by atoms with Crippen LogP contribution in [-0.2, 0) is 4.74 Å². The lowest BCUT2D eigenvalue weighted by Gasteiger charge is -2.45. The molecule has 0 N–H and O–H groups in total. The second-order valence-corrected chi connectivity index (χ2v) is 6.13. The van der Waals surface area contributed by atoms with Gasteiger partial charge in [0.1, 0.15) is 0 Å². The molecular weight excluding hydrogens is 196 g/mol. The fourth-order valence-electron chi connectivity index (χ4n) is 4.11.